The van der Waals surface area contributed by atoms with Crippen molar-refractivity contribution in [2.24, 2.45) is 0 Å². The van der Waals surface area contributed by atoms with Crippen molar-refractivity contribution in [1.82, 2.24) is 10.2 Å². The number of hydrogen-bond donors (Lipinski definition) is 1. The minimum atomic E-state index is -0.339. The summed E-state index contributed by atoms with van der Waals surface area (Å²) in [5.41, 5.74) is 0. The lowest BCUT2D eigenvalue weighted by Crippen LogP contribution is -2.50. The third-order valence-corrected chi connectivity index (χ3v) is 1.94. The van der Waals surface area contributed by atoms with Crippen LogP contribution in [0.5, 0.6) is 0 Å². The smallest absolute Gasteiger partial charge is 0.316 e. The van der Waals surface area contributed by atoms with Crippen molar-refractivity contribution in [3.8, 4) is 0 Å². The van der Waals surface area contributed by atoms with Gasteiger partial charge in [-0.15, -0.1) is 0 Å². The molecule has 0 aliphatic carbocycles. The first kappa shape index (κ1) is 7.82. The fraction of sp³-hybridized carbons (Fsp3) is 0.833. The summed E-state index contributed by atoms with van der Waals surface area (Å²) in [6, 6.07) is 0.235. The molecule has 1 fully saturated rings. The molecule has 1 N–H and O–H groups in total. The maximum atomic E-state index is 10.7. The van der Waals surface area contributed by atoms with Gasteiger partial charge in [0.25, 0.3) is 0 Å². The minimum absolute atomic E-state index is 0.235. The summed E-state index contributed by atoms with van der Waals surface area (Å²) in [7, 11) is 0. The third kappa shape index (κ3) is 1.61. The molecule has 1 rings (SSSR count). The normalized spacial score (nSPS) is 26.6. The summed E-state index contributed by atoms with van der Waals surface area (Å²) in [6.45, 7) is 4.40. The van der Waals surface area contributed by atoms with Gasteiger partial charge in [-0.05, 0) is 18.5 Å². The number of halogens is 1. The first-order valence-corrected chi connectivity index (χ1v) is 3.76. The first-order chi connectivity index (χ1) is 4.72. The van der Waals surface area contributed by atoms with Crippen LogP contribution in [0.2, 0.25) is 0 Å². The van der Waals surface area contributed by atoms with Gasteiger partial charge in [-0.2, -0.15) is 0 Å². The number of hydrogen-bond acceptors (Lipinski definition) is 2. The van der Waals surface area contributed by atoms with E-state index in [0.717, 1.165) is 19.6 Å². The molecule has 3 nitrogen and oxygen atoms in total. The fourth-order valence-electron chi connectivity index (χ4n) is 1.10. The van der Waals surface area contributed by atoms with E-state index in [9.17, 15) is 4.79 Å². The van der Waals surface area contributed by atoms with Crippen LogP contribution < -0.4 is 5.32 Å². The van der Waals surface area contributed by atoms with Crippen LogP contribution >= 0.6 is 11.6 Å². The van der Waals surface area contributed by atoms with Crippen LogP contribution in [-0.4, -0.2) is 35.9 Å². The Bertz CT molecular complexity index is 140. The summed E-state index contributed by atoms with van der Waals surface area (Å²) in [4.78, 5) is 12.3. The van der Waals surface area contributed by atoms with Gasteiger partial charge in [-0.3, -0.25) is 4.79 Å². The molecule has 1 unspecified atom stereocenters. The maximum Gasteiger partial charge on any atom is 0.316 e. The average molecular weight is 163 g/mol. The number of amides is 1. The number of nitrogens with zero attached hydrogens (tertiary/aromatic N) is 1. The molecule has 0 aromatic carbocycles. The molecule has 1 amide bonds. The van der Waals surface area contributed by atoms with E-state index >= 15 is 0 Å². The van der Waals surface area contributed by atoms with E-state index in [4.69, 9.17) is 11.6 Å². The topological polar surface area (TPSA) is 32.3 Å². The van der Waals surface area contributed by atoms with Gasteiger partial charge >= 0.3 is 5.37 Å². The van der Waals surface area contributed by atoms with Crippen LogP contribution in [0.4, 0.5) is 4.79 Å². The van der Waals surface area contributed by atoms with Gasteiger partial charge in [-0.1, -0.05) is 0 Å². The molecule has 0 saturated carbocycles. The molecule has 0 aromatic heterocycles. The summed E-state index contributed by atoms with van der Waals surface area (Å²) in [5, 5.41) is 2.83. The molecule has 1 aliphatic rings. The van der Waals surface area contributed by atoms with E-state index < -0.39 is 0 Å². The largest absolute Gasteiger partial charge is 0.324 e. The monoisotopic (exact) mass is 162 g/mol. The van der Waals surface area contributed by atoms with E-state index in [1.807, 2.05) is 6.92 Å². The molecule has 0 aromatic rings. The molecule has 0 spiro atoms. The zero-order valence-corrected chi connectivity index (χ0v) is 6.69. The lowest BCUT2D eigenvalue weighted by Gasteiger charge is -2.31. The summed E-state index contributed by atoms with van der Waals surface area (Å²) in [5.74, 6) is 0. The SMILES string of the molecule is CC1CNCCN1C(=O)Cl. The van der Waals surface area contributed by atoms with Gasteiger partial charge in [0.2, 0.25) is 0 Å². The van der Waals surface area contributed by atoms with Crippen LogP contribution in [-0.2, 0) is 0 Å². The van der Waals surface area contributed by atoms with Gasteiger partial charge in [0.05, 0.1) is 0 Å². The lowest BCUT2D eigenvalue weighted by atomic mass is 10.2. The highest BCUT2D eigenvalue weighted by Gasteiger charge is 2.20. The van der Waals surface area contributed by atoms with Gasteiger partial charge in [-0.25, -0.2) is 0 Å². The average Bonchev–Trinajstić information content (AvgIpc) is 1.88. The third-order valence-electron chi connectivity index (χ3n) is 1.73. The Labute approximate surface area is 65.3 Å². The molecule has 4 heteroatoms. The van der Waals surface area contributed by atoms with E-state index in [1.165, 1.54) is 0 Å². The highest BCUT2D eigenvalue weighted by Crippen LogP contribution is 2.05. The fourth-order valence-corrected chi connectivity index (χ4v) is 1.35. The minimum Gasteiger partial charge on any atom is -0.324 e. The second-order valence-electron chi connectivity index (χ2n) is 2.50. The van der Waals surface area contributed by atoms with Crippen LogP contribution in [0.3, 0.4) is 0 Å². The van der Waals surface area contributed by atoms with Gasteiger partial charge < -0.3 is 10.2 Å². The highest BCUT2D eigenvalue weighted by molar-refractivity contribution is 6.62. The van der Waals surface area contributed by atoms with Crippen molar-refractivity contribution in [3.05, 3.63) is 0 Å². The number of carbonyl (C=O) groups is 1. The van der Waals surface area contributed by atoms with E-state index in [0.29, 0.717) is 0 Å². The predicted molar refractivity (Wildman–Crippen MR) is 40.3 cm³/mol. The number of nitrogens with one attached hydrogen (secondary N) is 1. The number of carbonyl (C=O) groups excluding carboxylic acids is 1. The quantitative estimate of drug-likeness (QED) is 0.419. The Morgan fingerprint density at radius 2 is 2.50 bits per heavy atom. The van der Waals surface area contributed by atoms with Gasteiger partial charge in [0, 0.05) is 25.7 Å². The van der Waals surface area contributed by atoms with Crippen LogP contribution in [0.1, 0.15) is 6.92 Å². The molecule has 0 bridgehead atoms. The lowest BCUT2D eigenvalue weighted by molar-refractivity contribution is 0.187. The molecule has 58 valence electrons. The Morgan fingerprint density at radius 1 is 1.80 bits per heavy atom. The molecule has 0 radical (unpaired) electrons. The molecule has 1 saturated heterocycles. The predicted octanol–water partition coefficient (Wildman–Crippen LogP) is 0.639. The molecule has 10 heavy (non-hydrogen) atoms. The molecule has 1 atom stereocenters. The molecular weight excluding hydrogens is 152 g/mol. The van der Waals surface area contributed by atoms with Crippen molar-refractivity contribution in [1.29, 1.82) is 0 Å². The summed E-state index contributed by atoms with van der Waals surface area (Å²) < 4.78 is 0. The Hall–Kier alpha value is -0.280. The Morgan fingerprint density at radius 3 is 2.90 bits per heavy atom. The van der Waals surface area contributed by atoms with E-state index in [-0.39, 0.29) is 11.4 Å². The molecule has 1 aliphatic heterocycles. The van der Waals surface area contributed by atoms with Crippen molar-refractivity contribution in [2.75, 3.05) is 19.6 Å². The Balaban J connectivity index is 2.47. The van der Waals surface area contributed by atoms with Crippen LogP contribution in [0.25, 0.3) is 0 Å². The maximum absolute atomic E-state index is 10.7. The number of rotatable bonds is 0. The van der Waals surface area contributed by atoms with E-state index in [2.05, 4.69) is 5.32 Å². The van der Waals surface area contributed by atoms with Gasteiger partial charge in [0.15, 0.2) is 0 Å². The standard InChI is InChI=1S/C6H11ClN2O/c1-5-4-8-2-3-9(5)6(7)10/h5,8H,2-4H2,1H3. The van der Waals surface area contributed by atoms with Crippen LogP contribution in [0.15, 0.2) is 0 Å². The second kappa shape index (κ2) is 3.21. The zero-order chi connectivity index (χ0) is 7.56. The van der Waals surface area contributed by atoms with Gasteiger partial charge in [0.1, 0.15) is 0 Å². The van der Waals surface area contributed by atoms with Crippen molar-refractivity contribution in [2.45, 2.75) is 13.0 Å². The van der Waals surface area contributed by atoms with Crippen molar-refractivity contribution >= 4 is 17.0 Å². The summed E-state index contributed by atoms with van der Waals surface area (Å²) in [6.07, 6.45) is 0. The van der Waals surface area contributed by atoms with Crippen molar-refractivity contribution < 1.29 is 4.79 Å². The number of piperazine rings is 1. The van der Waals surface area contributed by atoms with Crippen molar-refractivity contribution in [3.63, 3.8) is 0 Å². The first-order valence-electron chi connectivity index (χ1n) is 3.38. The zero-order valence-electron chi connectivity index (χ0n) is 5.93. The molecule has 1 heterocycles. The Kier molecular flexibility index (Phi) is 2.51. The second-order valence-corrected chi connectivity index (χ2v) is 2.82. The highest BCUT2D eigenvalue weighted by atomic mass is 35.5. The molecular formula is C6H11ClN2O. The van der Waals surface area contributed by atoms with E-state index in [1.54, 1.807) is 4.90 Å². The van der Waals surface area contributed by atoms with Crippen LogP contribution in [0, 0.1) is 0 Å². The summed E-state index contributed by atoms with van der Waals surface area (Å²) >= 11 is 5.31.